The molecule has 136 valence electrons. The second-order valence-corrected chi connectivity index (χ2v) is 6.50. The Morgan fingerprint density at radius 3 is 2.23 bits per heavy atom. The Kier molecular flexibility index (Phi) is 5.89. The van der Waals surface area contributed by atoms with Crippen molar-refractivity contribution in [2.24, 2.45) is 0 Å². The third-order valence-corrected chi connectivity index (χ3v) is 4.63. The summed E-state index contributed by atoms with van der Waals surface area (Å²) in [5, 5.41) is 2.86. The summed E-state index contributed by atoms with van der Waals surface area (Å²) in [6.45, 7) is 1.74. The lowest BCUT2D eigenvalue weighted by molar-refractivity contribution is -0.131. The molecule has 0 aromatic heterocycles. The van der Waals surface area contributed by atoms with E-state index in [0.29, 0.717) is 23.4 Å². The lowest BCUT2D eigenvalue weighted by Gasteiger charge is -2.26. The molecular formula is C21H24N2O3. The van der Waals surface area contributed by atoms with E-state index in [2.05, 4.69) is 5.32 Å². The minimum absolute atomic E-state index is 0.176. The van der Waals surface area contributed by atoms with Crippen LogP contribution in [0.5, 0.6) is 5.75 Å². The largest absolute Gasteiger partial charge is 0.497 e. The van der Waals surface area contributed by atoms with Crippen LogP contribution in [-0.2, 0) is 11.2 Å². The zero-order chi connectivity index (χ0) is 18.4. The summed E-state index contributed by atoms with van der Waals surface area (Å²) in [6.07, 6.45) is 3.82. The maximum Gasteiger partial charge on any atom is 0.255 e. The van der Waals surface area contributed by atoms with Gasteiger partial charge in [-0.1, -0.05) is 12.1 Å². The average molecular weight is 352 g/mol. The number of nitrogens with one attached hydrogen (secondary N) is 1. The molecule has 0 radical (unpaired) electrons. The van der Waals surface area contributed by atoms with E-state index in [1.807, 2.05) is 29.2 Å². The zero-order valence-corrected chi connectivity index (χ0v) is 15.0. The van der Waals surface area contributed by atoms with Crippen molar-refractivity contribution in [2.45, 2.75) is 25.7 Å². The van der Waals surface area contributed by atoms with Gasteiger partial charge in [0.1, 0.15) is 5.75 Å². The van der Waals surface area contributed by atoms with E-state index in [1.165, 1.54) is 6.42 Å². The molecule has 0 bridgehead atoms. The molecular weight excluding hydrogens is 328 g/mol. The van der Waals surface area contributed by atoms with Gasteiger partial charge in [0.25, 0.3) is 5.91 Å². The molecule has 2 aromatic rings. The van der Waals surface area contributed by atoms with Crippen LogP contribution in [-0.4, -0.2) is 36.9 Å². The van der Waals surface area contributed by atoms with Crippen LogP contribution in [0.1, 0.15) is 35.2 Å². The molecule has 0 spiro atoms. The summed E-state index contributed by atoms with van der Waals surface area (Å²) >= 11 is 0. The Labute approximate surface area is 154 Å². The molecule has 1 fully saturated rings. The van der Waals surface area contributed by atoms with E-state index in [4.69, 9.17) is 4.74 Å². The number of carbonyl (C=O) groups is 2. The molecule has 1 saturated heterocycles. The van der Waals surface area contributed by atoms with Crippen LogP contribution in [0.4, 0.5) is 5.69 Å². The van der Waals surface area contributed by atoms with Crippen molar-refractivity contribution in [1.82, 2.24) is 4.90 Å². The minimum atomic E-state index is -0.176. The van der Waals surface area contributed by atoms with Gasteiger partial charge in [-0.2, -0.15) is 0 Å². The van der Waals surface area contributed by atoms with Crippen molar-refractivity contribution >= 4 is 17.5 Å². The highest BCUT2D eigenvalue weighted by atomic mass is 16.5. The molecule has 5 heteroatoms. The Bertz CT molecular complexity index is 748. The molecule has 0 aliphatic carbocycles. The van der Waals surface area contributed by atoms with Crippen LogP contribution in [0.2, 0.25) is 0 Å². The molecule has 1 aliphatic heterocycles. The number of piperidine rings is 1. The quantitative estimate of drug-likeness (QED) is 0.896. The van der Waals surface area contributed by atoms with Crippen molar-refractivity contribution in [2.75, 3.05) is 25.5 Å². The number of methoxy groups -OCH3 is 1. The van der Waals surface area contributed by atoms with Gasteiger partial charge >= 0.3 is 0 Å². The van der Waals surface area contributed by atoms with Crippen LogP contribution in [0.3, 0.4) is 0 Å². The molecule has 26 heavy (non-hydrogen) atoms. The van der Waals surface area contributed by atoms with E-state index >= 15 is 0 Å². The first kappa shape index (κ1) is 18.0. The van der Waals surface area contributed by atoms with E-state index in [-0.39, 0.29) is 11.8 Å². The number of hydrogen-bond acceptors (Lipinski definition) is 3. The van der Waals surface area contributed by atoms with Crippen molar-refractivity contribution in [1.29, 1.82) is 0 Å². The third kappa shape index (κ3) is 4.63. The Hall–Kier alpha value is -2.82. The molecule has 1 N–H and O–H groups in total. The summed E-state index contributed by atoms with van der Waals surface area (Å²) in [6, 6.07) is 14.4. The number of likely N-dealkylation sites (tertiary alicyclic amines) is 1. The van der Waals surface area contributed by atoms with Gasteiger partial charge in [-0.25, -0.2) is 0 Å². The Morgan fingerprint density at radius 2 is 1.62 bits per heavy atom. The van der Waals surface area contributed by atoms with Crippen molar-refractivity contribution in [3.8, 4) is 5.75 Å². The molecule has 1 aliphatic rings. The highest BCUT2D eigenvalue weighted by Gasteiger charge is 2.16. The lowest BCUT2D eigenvalue weighted by atomic mass is 10.1. The van der Waals surface area contributed by atoms with Crippen molar-refractivity contribution < 1.29 is 14.3 Å². The van der Waals surface area contributed by atoms with Crippen LogP contribution in [0.25, 0.3) is 0 Å². The van der Waals surface area contributed by atoms with Gasteiger partial charge in [0.2, 0.25) is 5.91 Å². The number of rotatable bonds is 5. The maximum atomic E-state index is 12.3. The molecule has 2 amide bonds. The predicted octanol–water partition coefficient (Wildman–Crippen LogP) is 3.50. The number of carbonyl (C=O) groups excluding carboxylic acids is 2. The number of nitrogens with zero attached hydrogens (tertiary/aromatic N) is 1. The van der Waals surface area contributed by atoms with E-state index in [1.54, 1.807) is 31.4 Å². The van der Waals surface area contributed by atoms with Crippen LogP contribution >= 0.6 is 0 Å². The number of amides is 2. The second-order valence-electron chi connectivity index (χ2n) is 6.50. The summed E-state index contributed by atoms with van der Waals surface area (Å²) in [7, 11) is 1.59. The molecule has 0 atom stereocenters. The summed E-state index contributed by atoms with van der Waals surface area (Å²) in [4.78, 5) is 26.5. The SMILES string of the molecule is COc1ccc(C(=O)Nc2ccc(CC(=O)N3CCCCC3)cc2)cc1. The van der Waals surface area contributed by atoms with Gasteiger partial charge in [-0.3, -0.25) is 9.59 Å². The van der Waals surface area contributed by atoms with Gasteiger partial charge in [0, 0.05) is 24.3 Å². The van der Waals surface area contributed by atoms with Gasteiger partial charge in [-0.15, -0.1) is 0 Å². The Morgan fingerprint density at radius 1 is 0.962 bits per heavy atom. The monoisotopic (exact) mass is 352 g/mol. The maximum absolute atomic E-state index is 12.3. The number of benzene rings is 2. The smallest absolute Gasteiger partial charge is 0.255 e. The van der Waals surface area contributed by atoms with Gasteiger partial charge in [-0.05, 0) is 61.2 Å². The van der Waals surface area contributed by atoms with E-state index in [0.717, 1.165) is 31.5 Å². The number of anilines is 1. The number of ether oxygens (including phenoxy) is 1. The molecule has 0 saturated carbocycles. The summed E-state index contributed by atoms with van der Waals surface area (Å²) in [5.74, 6) is 0.716. The van der Waals surface area contributed by atoms with E-state index in [9.17, 15) is 9.59 Å². The van der Waals surface area contributed by atoms with Crippen LogP contribution in [0.15, 0.2) is 48.5 Å². The average Bonchev–Trinajstić information content (AvgIpc) is 2.70. The van der Waals surface area contributed by atoms with Crippen LogP contribution < -0.4 is 10.1 Å². The molecule has 0 unspecified atom stereocenters. The Balaban J connectivity index is 1.56. The summed E-state index contributed by atoms with van der Waals surface area (Å²) in [5.41, 5.74) is 2.23. The standard InChI is InChI=1S/C21H24N2O3/c1-26-19-11-7-17(8-12-19)21(25)22-18-9-5-16(6-10-18)15-20(24)23-13-3-2-4-14-23/h5-12H,2-4,13-15H2,1H3,(H,22,25). The van der Waals surface area contributed by atoms with E-state index < -0.39 is 0 Å². The van der Waals surface area contributed by atoms with Gasteiger partial charge in [0.15, 0.2) is 0 Å². The molecule has 5 nitrogen and oxygen atoms in total. The van der Waals surface area contributed by atoms with Crippen LogP contribution in [0, 0.1) is 0 Å². The third-order valence-electron chi connectivity index (χ3n) is 4.63. The highest BCUT2D eigenvalue weighted by molar-refractivity contribution is 6.04. The van der Waals surface area contributed by atoms with Crippen molar-refractivity contribution in [3.05, 3.63) is 59.7 Å². The van der Waals surface area contributed by atoms with Gasteiger partial charge < -0.3 is 15.0 Å². The summed E-state index contributed by atoms with van der Waals surface area (Å²) < 4.78 is 5.09. The predicted molar refractivity (Wildman–Crippen MR) is 102 cm³/mol. The molecule has 3 rings (SSSR count). The molecule has 1 heterocycles. The fourth-order valence-corrected chi connectivity index (χ4v) is 3.08. The topological polar surface area (TPSA) is 58.6 Å². The first-order valence-electron chi connectivity index (χ1n) is 8.98. The lowest BCUT2D eigenvalue weighted by Crippen LogP contribution is -2.36. The zero-order valence-electron chi connectivity index (χ0n) is 15.0. The number of hydrogen-bond donors (Lipinski definition) is 1. The fourth-order valence-electron chi connectivity index (χ4n) is 3.08. The first-order chi connectivity index (χ1) is 12.7. The van der Waals surface area contributed by atoms with Crippen molar-refractivity contribution in [3.63, 3.8) is 0 Å². The minimum Gasteiger partial charge on any atom is -0.497 e. The second kappa shape index (κ2) is 8.52. The first-order valence-corrected chi connectivity index (χ1v) is 8.98. The van der Waals surface area contributed by atoms with Gasteiger partial charge in [0.05, 0.1) is 13.5 Å². The highest BCUT2D eigenvalue weighted by Crippen LogP contribution is 2.16. The normalized spacial score (nSPS) is 14.0. The molecule has 2 aromatic carbocycles. The fraction of sp³-hybridized carbons (Fsp3) is 0.333.